The fourth-order valence-corrected chi connectivity index (χ4v) is 2.00. The van der Waals surface area contributed by atoms with Gasteiger partial charge in [-0.25, -0.2) is 4.79 Å². The van der Waals surface area contributed by atoms with Gasteiger partial charge in [0.25, 0.3) is 0 Å². The number of benzene rings is 1. The number of nitrogen functional groups attached to an aromatic ring is 1. The Hall–Kier alpha value is -1.56. The standard InChI is InChI=1S/C7H10N2.C5H3ClO2S/c8-5-6-3-1-2-4-7(6)9;6-4-1-3(2-9-4)5(7)8/h1-4H,5,8-9H2;1-2H,(H,7,8). The van der Waals surface area contributed by atoms with Crippen LogP contribution in [0.2, 0.25) is 4.34 Å². The van der Waals surface area contributed by atoms with Crippen molar-refractivity contribution in [2.75, 3.05) is 5.73 Å². The van der Waals surface area contributed by atoms with Gasteiger partial charge < -0.3 is 16.6 Å². The number of carbonyl (C=O) groups is 1. The highest BCUT2D eigenvalue weighted by molar-refractivity contribution is 7.14. The molecule has 0 saturated carbocycles. The van der Waals surface area contributed by atoms with Gasteiger partial charge in [0.2, 0.25) is 0 Å². The predicted octanol–water partition coefficient (Wildman–Crippen LogP) is 2.83. The topological polar surface area (TPSA) is 89.3 Å². The van der Waals surface area contributed by atoms with Crippen molar-refractivity contribution in [2.45, 2.75) is 6.54 Å². The van der Waals surface area contributed by atoms with Crippen LogP contribution in [-0.4, -0.2) is 11.1 Å². The van der Waals surface area contributed by atoms with Crippen LogP contribution in [-0.2, 0) is 6.54 Å². The third-order valence-electron chi connectivity index (χ3n) is 2.09. The Morgan fingerprint density at radius 2 is 2.06 bits per heavy atom. The van der Waals surface area contributed by atoms with Crippen LogP contribution >= 0.6 is 22.9 Å². The van der Waals surface area contributed by atoms with Gasteiger partial charge in [-0.1, -0.05) is 29.8 Å². The van der Waals surface area contributed by atoms with Crippen LogP contribution in [0.4, 0.5) is 5.69 Å². The van der Waals surface area contributed by atoms with E-state index in [1.54, 1.807) is 0 Å². The first-order valence-corrected chi connectivity index (χ1v) is 6.31. The molecule has 0 aliphatic heterocycles. The SMILES string of the molecule is NCc1ccccc1N.O=C(O)c1csc(Cl)c1. The fourth-order valence-electron chi connectivity index (χ4n) is 1.14. The fraction of sp³-hybridized carbons (Fsp3) is 0.0833. The van der Waals surface area contributed by atoms with Crippen molar-refractivity contribution < 1.29 is 9.90 Å². The minimum absolute atomic E-state index is 0.255. The number of para-hydroxylation sites is 1. The molecule has 5 N–H and O–H groups in total. The molecular weight excluding hydrogens is 272 g/mol. The molecule has 2 aromatic rings. The second kappa shape index (κ2) is 7.00. The number of hydrogen-bond donors (Lipinski definition) is 3. The summed E-state index contributed by atoms with van der Waals surface area (Å²) in [6, 6.07) is 9.03. The minimum Gasteiger partial charge on any atom is -0.478 e. The molecule has 4 nitrogen and oxygen atoms in total. The summed E-state index contributed by atoms with van der Waals surface area (Å²) < 4.78 is 0.507. The minimum atomic E-state index is -0.932. The van der Waals surface area contributed by atoms with Crippen molar-refractivity contribution in [2.24, 2.45) is 5.73 Å². The maximum Gasteiger partial charge on any atom is 0.336 e. The van der Waals surface area contributed by atoms with Crippen molar-refractivity contribution in [1.29, 1.82) is 0 Å². The van der Waals surface area contributed by atoms with E-state index in [9.17, 15) is 4.79 Å². The van der Waals surface area contributed by atoms with Crippen molar-refractivity contribution in [3.8, 4) is 0 Å². The first-order chi connectivity index (χ1) is 8.54. The highest BCUT2D eigenvalue weighted by Gasteiger charge is 2.03. The Bertz CT molecular complexity index is 528. The summed E-state index contributed by atoms with van der Waals surface area (Å²) in [7, 11) is 0. The second-order valence-corrected chi connectivity index (χ2v) is 4.89. The molecule has 0 atom stereocenters. The van der Waals surface area contributed by atoms with Gasteiger partial charge in [0.15, 0.2) is 0 Å². The maximum absolute atomic E-state index is 10.2. The van der Waals surface area contributed by atoms with Gasteiger partial charge in [-0.05, 0) is 17.7 Å². The molecule has 0 bridgehead atoms. The maximum atomic E-state index is 10.2. The van der Waals surface area contributed by atoms with Crippen LogP contribution in [0.5, 0.6) is 0 Å². The molecular formula is C12H13ClN2O2S. The molecule has 0 unspecified atom stereocenters. The monoisotopic (exact) mass is 284 g/mol. The number of nitrogens with two attached hydrogens (primary N) is 2. The van der Waals surface area contributed by atoms with Gasteiger partial charge in [-0.3, -0.25) is 0 Å². The highest BCUT2D eigenvalue weighted by atomic mass is 35.5. The molecule has 0 radical (unpaired) electrons. The molecule has 1 aromatic heterocycles. The average Bonchev–Trinajstić information content (AvgIpc) is 2.78. The molecule has 0 aliphatic rings. The number of carboxylic acids is 1. The lowest BCUT2D eigenvalue weighted by Gasteiger charge is -1.98. The first kappa shape index (κ1) is 14.5. The number of halogens is 1. The van der Waals surface area contributed by atoms with E-state index in [-0.39, 0.29) is 5.56 Å². The summed E-state index contributed by atoms with van der Waals surface area (Å²) in [5.41, 5.74) is 13.0. The number of thiophene rings is 1. The van der Waals surface area contributed by atoms with E-state index in [1.165, 1.54) is 22.8 Å². The van der Waals surface area contributed by atoms with E-state index >= 15 is 0 Å². The molecule has 0 spiro atoms. The van der Waals surface area contributed by atoms with E-state index < -0.39 is 5.97 Å². The summed E-state index contributed by atoms with van der Waals surface area (Å²) in [6.45, 7) is 0.521. The first-order valence-electron chi connectivity index (χ1n) is 5.05. The number of anilines is 1. The molecule has 18 heavy (non-hydrogen) atoms. The zero-order chi connectivity index (χ0) is 13.5. The second-order valence-electron chi connectivity index (χ2n) is 3.35. The van der Waals surface area contributed by atoms with Crippen LogP contribution in [0.3, 0.4) is 0 Å². The molecule has 0 fully saturated rings. The van der Waals surface area contributed by atoms with Crippen molar-refractivity contribution in [1.82, 2.24) is 0 Å². The lowest BCUT2D eigenvalue weighted by atomic mass is 10.2. The molecule has 6 heteroatoms. The highest BCUT2D eigenvalue weighted by Crippen LogP contribution is 2.19. The number of hydrogen-bond acceptors (Lipinski definition) is 4. The van der Waals surface area contributed by atoms with Crippen LogP contribution in [0.25, 0.3) is 0 Å². The van der Waals surface area contributed by atoms with Gasteiger partial charge in [-0.2, -0.15) is 0 Å². The van der Waals surface area contributed by atoms with Gasteiger partial charge in [0, 0.05) is 17.6 Å². The Balaban J connectivity index is 0.000000180. The van der Waals surface area contributed by atoms with Crippen LogP contribution in [0.1, 0.15) is 15.9 Å². The predicted molar refractivity (Wildman–Crippen MR) is 75.0 cm³/mol. The Morgan fingerprint density at radius 1 is 1.39 bits per heavy atom. The average molecular weight is 285 g/mol. The van der Waals surface area contributed by atoms with E-state index in [0.29, 0.717) is 10.9 Å². The Morgan fingerprint density at radius 3 is 2.39 bits per heavy atom. The van der Waals surface area contributed by atoms with Gasteiger partial charge in [0.1, 0.15) is 0 Å². The van der Waals surface area contributed by atoms with Crippen molar-refractivity contribution in [3.05, 3.63) is 51.2 Å². The van der Waals surface area contributed by atoms with Gasteiger partial charge in [0.05, 0.1) is 9.90 Å². The summed E-state index contributed by atoms with van der Waals surface area (Å²) in [5.74, 6) is -0.932. The molecule has 0 amide bonds. The molecule has 1 aromatic carbocycles. The van der Waals surface area contributed by atoms with Crippen LogP contribution < -0.4 is 11.5 Å². The number of rotatable bonds is 2. The van der Waals surface area contributed by atoms with E-state index in [0.717, 1.165) is 11.3 Å². The van der Waals surface area contributed by atoms with Crippen molar-refractivity contribution in [3.63, 3.8) is 0 Å². The van der Waals surface area contributed by atoms with Gasteiger partial charge in [-0.15, -0.1) is 11.3 Å². The lowest BCUT2D eigenvalue weighted by Crippen LogP contribution is -2.00. The Labute approximate surface area is 114 Å². The summed E-state index contributed by atoms with van der Waals surface area (Å²) in [5, 5.41) is 9.85. The molecule has 1 heterocycles. The van der Waals surface area contributed by atoms with Crippen LogP contribution in [0, 0.1) is 0 Å². The number of carboxylic acid groups (broad SMARTS) is 1. The summed E-state index contributed by atoms with van der Waals surface area (Å²) in [4.78, 5) is 10.2. The quantitative estimate of drug-likeness (QED) is 0.740. The van der Waals surface area contributed by atoms with E-state index in [1.807, 2.05) is 24.3 Å². The number of aromatic carboxylic acids is 1. The summed E-state index contributed by atoms with van der Waals surface area (Å²) in [6.07, 6.45) is 0. The van der Waals surface area contributed by atoms with Gasteiger partial charge >= 0.3 is 5.97 Å². The zero-order valence-electron chi connectivity index (χ0n) is 9.47. The summed E-state index contributed by atoms with van der Waals surface area (Å²) >= 11 is 6.68. The third-order valence-corrected chi connectivity index (χ3v) is 3.18. The Kier molecular flexibility index (Phi) is 5.64. The lowest BCUT2D eigenvalue weighted by molar-refractivity contribution is 0.0697. The largest absolute Gasteiger partial charge is 0.478 e. The normalized spacial score (nSPS) is 9.44. The molecule has 2 rings (SSSR count). The van der Waals surface area contributed by atoms with E-state index in [2.05, 4.69) is 0 Å². The zero-order valence-corrected chi connectivity index (χ0v) is 11.0. The third kappa shape index (κ3) is 4.37. The van der Waals surface area contributed by atoms with Crippen molar-refractivity contribution >= 4 is 34.6 Å². The molecule has 0 saturated heterocycles. The smallest absolute Gasteiger partial charge is 0.336 e. The molecule has 96 valence electrons. The van der Waals surface area contributed by atoms with E-state index in [4.69, 9.17) is 28.2 Å². The van der Waals surface area contributed by atoms with Crippen LogP contribution in [0.15, 0.2) is 35.7 Å². The molecule has 0 aliphatic carbocycles.